The number of benzene rings is 1. The standard InChI is InChI=1S/C13H18Cl2N2O/c14-12-2-1-11(13(15)9-12)10-17-5-3-16(4-6-17)7-8-18/h1-2,9,18H,3-8,10H2. The lowest BCUT2D eigenvalue weighted by Crippen LogP contribution is -2.46. The van der Waals surface area contributed by atoms with Gasteiger partial charge in [0.05, 0.1) is 6.61 Å². The molecule has 3 nitrogen and oxygen atoms in total. The number of rotatable bonds is 4. The van der Waals surface area contributed by atoms with Crippen LogP contribution in [0.5, 0.6) is 0 Å². The third kappa shape index (κ3) is 3.84. The molecule has 5 heteroatoms. The summed E-state index contributed by atoms with van der Waals surface area (Å²) < 4.78 is 0. The summed E-state index contributed by atoms with van der Waals surface area (Å²) in [5, 5.41) is 10.3. The van der Waals surface area contributed by atoms with Crippen LogP contribution in [0.3, 0.4) is 0 Å². The lowest BCUT2D eigenvalue weighted by Gasteiger charge is -2.34. The minimum atomic E-state index is 0.239. The van der Waals surface area contributed by atoms with Gasteiger partial charge in [-0.1, -0.05) is 29.3 Å². The Bertz CT molecular complexity index is 393. The maximum Gasteiger partial charge on any atom is 0.0558 e. The molecule has 1 aromatic rings. The Morgan fingerprint density at radius 1 is 1.06 bits per heavy atom. The van der Waals surface area contributed by atoms with Gasteiger partial charge in [0.15, 0.2) is 0 Å². The van der Waals surface area contributed by atoms with E-state index in [0.717, 1.165) is 49.9 Å². The molecule has 1 aliphatic heterocycles. The molecule has 0 amide bonds. The van der Waals surface area contributed by atoms with Crippen LogP contribution < -0.4 is 0 Å². The van der Waals surface area contributed by atoms with Crippen molar-refractivity contribution in [3.63, 3.8) is 0 Å². The van der Waals surface area contributed by atoms with E-state index < -0.39 is 0 Å². The van der Waals surface area contributed by atoms with Gasteiger partial charge in [-0.3, -0.25) is 9.80 Å². The summed E-state index contributed by atoms with van der Waals surface area (Å²) >= 11 is 12.1. The highest BCUT2D eigenvalue weighted by molar-refractivity contribution is 6.35. The summed E-state index contributed by atoms with van der Waals surface area (Å²) in [6.45, 7) is 5.91. The van der Waals surface area contributed by atoms with Crippen molar-refractivity contribution in [1.82, 2.24) is 9.80 Å². The van der Waals surface area contributed by atoms with Crippen LogP contribution in [-0.2, 0) is 6.54 Å². The molecule has 0 spiro atoms. The summed E-state index contributed by atoms with van der Waals surface area (Å²) in [7, 11) is 0. The van der Waals surface area contributed by atoms with Crippen molar-refractivity contribution in [2.75, 3.05) is 39.3 Å². The topological polar surface area (TPSA) is 26.7 Å². The predicted molar refractivity (Wildman–Crippen MR) is 75.3 cm³/mol. The van der Waals surface area contributed by atoms with Crippen LogP contribution in [0.2, 0.25) is 10.0 Å². The first-order valence-corrected chi connectivity index (χ1v) is 6.94. The number of aliphatic hydroxyl groups excluding tert-OH is 1. The van der Waals surface area contributed by atoms with Crippen molar-refractivity contribution in [1.29, 1.82) is 0 Å². The molecule has 100 valence electrons. The van der Waals surface area contributed by atoms with Gasteiger partial charge in [-0.15, -0.1) is 0 Å². The lowest BCUT2D eigenvalue weighted by molar-refractivity contribution is 0.108. The van der Waals surface area contributed by atoms with E-state index in [1.807, 2.05) is 12.1 Å². The van der Waals surface area contributed by atoms with Gasteiger partial charge >= 0.3 is 0 Å². The Morgan fingerprint density at radius 2 is 1.72 bits per heavy atom. The van der Waals surface area contributed by atoms with Crippen LogP contribution in [0, 0.1) is 0 Å². The van der Waals surface area contributed by atoms with Crippen molar-refractivity contribution < 1.29 is 5.11 Å². The van der Waals surface area contributed by atoms with E-state index in [2.05, 4.69) is 9.80 Å². The van der Waals surface area contributed by atoms with E-state index in [-0.39, 0.29) is 6.61 Å². The van der Waals surface area contributed by atoms with Gasteiger partial charge in [-0.25, -0.2) is 0 Å². The van der Waals surface area contributed by atoms with Crippen LogP contribution in [0.25, 0.3) is 0 Å². The number of halogens is 2. The van der Waals surface area contributed by atoms with E-state index in [4.69, 9.17) is 28.3 Å². The van der Waals surface area contributed by atoms with Crippen molar-refractivity contribution in [3.05, 3.63) is 33.8 Å². The fourth-order valence-electron chi connectivity index (χ4n) is 2.20. The van der Waals surface area contributed by atoms with Crippen LogP contribution in [0.4, 0.5) is 0 Å². The molecule has 0 atom stereocenters. The molecule has 1 aliphatic rings. The average Bonchev–Trinajstić information content (AvgIpc) is 2.35. The molecule has 0 saturated carbocycles. The minimum Gasteiger partial charge on any atom is -0.395 e. The van der Waals surface area contributed by atoms with E-state index in [1.54, 1.807) is 6.07 Å². The first-order valence-electron chi connectivity index (χ1n) is 6.18. The maximum absolute atomic E-state index is 8.90. The second-order valence-electron chi connectivity index (χ2n) is 4.58. The van der Waals surface area contributed by atoms with Gasteiger partial charge in [0.2, 0.25) is 0 Å². The summed E-state index contributed by atoms with van der Waals surface area (Å²) in [4.78, 5) is 4.66. The van der Waals surface area contributed by atoms with Crippen molar-refractivity contribution in [2.24, 2.45) is 0 Å². The SMILES string of the molecule is OCCN1CCN(Cc2ccc(Cl)cc2Cl)CC1. The van der Waals surface area contributed by atoms with E-state index in [0.29, 0.717) is 5.02 Å². The van der Waals surface area contributed by atoms with Gasteiger partial charge in [-0.05, 0) is 17.7 Å². The monoisotopic (exact) mass is 288 g/mol. The van der Waals surface area contributed by atoms with Crippen LogP contribution in [-0.4, -0.2) is 54.2 Å². The smallest absolute Gasteiger partial charge is 0.0558 e. The van der Waals surface area contributed by atoms with E-state index in [9.17, 15) is 0 Å². The zero-order valence-corrected chi connectivity index (χ0v) is 11.8. The molecule has 0 bridgehead atoms. The molecule has 0 aromatic heterocycles. The van der Waals surface area contributed by atoms with Gasteiger partial charge in [-0.2, -0.15) is 0 Å². The largest absolute Gasteiger partial charge is 0.395 e. The molecule has 0 unspecified atom stereocenters. The van der Waals surface area contributed by atoms with Gasteiger partial charge in [0, 0.05) is 49.3 Å². The molecule has 2 rings (SSSR count). The average molecular weight is 289 g/mol. The highest BCUT2D eigenvalue weighted by Gasteiger charge is 2.17. The molecule has 1 aromatic carbocycles. The Labute approximate surface area is 118 Å². The minimum absolute atomic E-state index is 0.239. The second kappa shape index (κ2) is 6.73. The summed E-state index contributed by atoms with van der Waals surface area (Å²) in [5.74, 6) is 0. The fourth-order valence-corrected chi connectivity index (χ4v) is 2.67. The molecule has 0 aliphatic carbocycles. The normalized spacial score (nSPS) is 18.2. The molecule has 18 heavy (non-hydrogen) atoms. The van der Waals surface area contributed by atoms with E-state index >= 15 is 0 Å². The van der Waals surface area contributed by atoms with Gasteiger partial charge in [0.1, 0.15) is 0 Å². The summed E-state index contributed by atoms with van der Waals surface area (Å²) in [5.41, 5.74) is 1.12. The number of aliphatic hydroxyl groups is 1. The molecular formula is C13H18Cl2N2O. The van der Waals surface area contributed by atoms with Crippen LogP contribution in [0.15, 0.2) is 18.2 Å². The third-order valence-electron chi connectivity index (χ3n) is 3.29. The predicted octanol–water partition coefficient (Wildman–Crippen LogP) is 2.10. The number of hydrogen-bond donors (Lipinski definition) is 1. The highest BCUT2D eigenvalue weighted by Crippen LogP contribution is 2.22. The zero-order valence-electron chi connectivity index (χ0n) is 10.3. The lowest BCUT2D eigenvalue weighted by atomic mass is 10.2. The molecule has 1 heterocycles. The zero-order chi connectivity index (χ0) is 13.0. The Morgan fingerprint density at radius 3 is 2.33 bits per heavy atom. The molecular weight excluding hydrogens is 271 g/mol. The maximum atomic E-state index is 8.90. The number of hydrogen-bond acceptors (Lipinski definition) is 3. The Kier molecular flexibility index (Phi) is 5.27. The van der Waals surface area contributed by atoms with Gasteiger partial charge in [0.25, 0.3) is 0 Å². The first-order chi connectivity index (χ1) is 8.69. The van der Waals surface area contributed by atoms with Crippen molar-refractivity contribution in [2.45, 2.75) is 6.54 Å². The molecule has 1 saturated heterocycles. The Hall–Kier alpha value is -0.320. The van der Waals surface area contributed by atoms with Crippen molar-refractivity contribution in [3.8, 4) is 0 Å². The highest BCUT2D eigenvalue weighted by atomic mass is 35.5. The molecule has 1 N–H and O–H groups in total. The fraction of sp³-hybridized carbons (Fsp3) is 0.538. The van der Waals surface area contributed by atoms with Crippen LogP contribution in [0.1, 0.15) is 5.56 Å². The first kappa shape index (κ1) is 14.1. The quantitative estimate of drug-likeness (QED) is 0.919. The number of piperazine rings is 1. The number of β-amino-alcohol motifs (C(OH)–C–C–N with tert-alkyl or cyclic N) is 1. The van der Waals surface area contributed by atoms with Crippen molar-refractivity contribution >= 4 is 23.2 Å². The second-order valence-corrected chi connectivity index (χ2v) is 5.42. The van der Waals surface area contributed by atoms with Gasteiger partial charge < -0.3 is 5.11 Å². The molecule has 0 radical (unpaired) electrons. The molecule has 1 fully saturated rings. The van der Waals surface area contributed by atoms with Crippen LogP contribution >= 0.6 is 23.2 Å². The third-order valence-corrected chi connectivity index (χ3v) is 3.88. The van der Waals surface area contributed by atoms with E-state index in [1.165, 1.54) is 0 Å². The number of nitrogens with zero attached hydrogens (tertiary/aromatic N) is 2. The summed E-state index contributed by atoms with van der Waals surface area (Å²) in [6, 6.07) is 5.66. The Balaban J connectivity index is 1.87. The summed E-state index contributed by atoms with van der Waals surface area (Å²) in [6.07, 6.45) is 0.